The second-order valence-electron chi connectivity index (χ2n) is 10.1. The molecule has 8 heteroatoms. The van der Waals surface area contributed by atoms with Gasteiger partial charge < -0.3 is 9.80 Å². The van der Waals surface area contributed by atoms with Gasteiger partial charge in [-0.3, -0.25) is 14.2 Å². The first-order valence-corrected chi connectivity index (χ1v) is 14.8. The molecule has 7 nitrogen and oxygen atoms in total. The SMILES string of the molecule is CC1CN(C(=O)CCCSc2nnc(Cc3ccccc3)n2-c2ccccc2)CCN1C(=O)Cc1ccccc1. The maximum atomic E-state index is 13.0. The van der Waals surface area contributed by atoms with Crippen LogP contribution in [-0.2, 0) is 22.4 Å². The Balaban J connectivity index is 1.13. The number of nitrogens with zero attached hydrogens (tertiary/aromatic N) is 5. The Hall–Kier alpha value is -3.91. The summed E-state index contributed by atoms with van der Waals surface area (Å²) in [5, 5.41) is 9.86. The fraction of sp³-hybridized carbons (Fsp3) is 0.312. The first-order valence-electron chi connectivity index (χ1n) is 13.9. The van der Waals surface area contributed by atoms with Gasteiger partial charge in [0.05, 0.1) is 6.42 Å². The minimum Gasteiger partial charge on any atom is -0.339 e. The summed E-state index contributed by atoms with van der Waals surface area (Å²) in [5.41, 5.74) is 3.24. The van der Waals surface area contributed by atoms with Gasteiger partial charge in [-0.15, -0.1) is 10.2 Å². The Kier molecular flexibility index (Phi) is 9.29. The smallest absolute Gasteiger partial charge is 0.227 e. The molecule has 2 amide bonds. The number of rotatable bonds is 10. The maximum absolute atomic E-state index is 13.0. The number of para-hydroxylation sites is 1. The van der Waals surface area contributed by atoms with Crippen LogP contribution in [0.15, 0.2) is 96.2 Å². The van der Waals surface area contributed by atoms with Crippen LogP contribution >= 0.6 is 11.8 Å². The van der Waals surface area contributed by atoms with Crippen LogP contribution in [0.4, 0.5) is 0 Å². The molecule has 1 unspecified atom stereocenters. The second kappa shape index (κ2) is 13.4. The molecule has 1 aromatic heterocycles. The average Bonchev–Trinajstić information content (AvgIpc) is 3.38. The molecule has 5 rings (SSSR count). The van der Waals surface area contributed by atoms with Crippen molar-refractivity contribution in [2.24, 2.45) is 0 Å². The molecule has 0 N–H and O–H groups in total. The normalized spacial score (nSPS) is 15.3. The predicted octanol–water partition coefficient (Wildman–Crippen LogP) is 5.03. The Morgan fingerprint density at radius 1 is 0.825 bits per heavy atom. The standard InChI is InChI=1S/C32H35N5O2S/c1-25-24-35(19-20-36(25)31(39)23-27-14-7-3-8-15-27)30(38)18-11-21-40-32-34-33-29(22-26-12-5-2-6-13-26)37(32)28-16-9-4-10-17-28/h2-10,12-17,25H,11,18-24H2,1H3. The van der Waals surface area contributed by atoms with Crippen LogP contribution in [0.1, 0.15) is 36.7 Å². The fourth-order valence-corrected chi connectivity index (χ4v) is 6.00. The van der Waals surface area contributed by atoms with Gasteiger partial charge in [-0.05, 0) is 36.6 Å². The number of carbonyl (C=O) groups is 2. The molecule has 2 heterocycles. The molecule has 1 saturated heterocycles. The lowest BCUT2D eigenvalue weighted by Gasteiger charge is -2.40. The first kappa shape index (κ1) is 27.6. The van der Waals surface area contributed by atoms with Gasteiger partial charge in [0, 0.05) is 50.0 Å². The third-order valence-electron chi connectivity index (χ3n) is 7.18. The van der Waals surface area contributed by atoms with E-state index < -0.39 is 0 Å². The molecule has 4 aromatic rings. The number of hydrogen-bond donors (Lipinski definition) is 0. The number of thioether (sulfide) groups is 1. The first-order chi connectivity index (χ1) is 19.6. The number of carbonyl (C=O) groups excluding carboxylic acids is 2. The zero-order valence-electron chi connectivity index (χ0n) is 22.9. The summed E-state index contributed by atoms with van der Waals surface area (Å²) < 4.78 is 2.12. The van der Waals surface area contributed by atoms with E-state index in [4.69, 9.17) is 0 Å². The number of amides is 2. The number of piperazine rings is 1. The molecule has 0 aliphatic carbocycles. The van der Waals surface area contributed by atoms with Crippen LogP contribution in [0.25, 0.3) is 5.69 Å². The highest BCUT2D eigenvalue weighted by Gasteiger charge is 2.29. The molecule has 40 heavy (non-hydrogen) atoms. The lowest BCUT2D eigenvalue weighted by atomic mass is 10.1. The van der Waals surface area contributed by atoms with E-state index in [2.05, 4.69) is 39.0 Å². The summed E-state index contributed by atoms with van der Waals surface area (Å²) in [4.78, 5) is 29.7. The third kappa shape index (κ3) is 6.99. The third-order valence-corrected chi connectivity index (χ3v) is 8.20. The van der Waals surface area contributed by atoms with E-state index in [1.165, 1.54) is 5.56 Å². The van der Waals surface area contributed by atoms with Gasteiger partial charge in [0.25, 0.3) is 0 Å². The molecule has 0 bridgehead atoms. The van der Waals surface area contributed by atoms with Gasteiger partial charge in [-0.1, -0.05) is 90.6 Å². The van der Waals surface area contributed by atoms with Crippen molar-refractivity contribution in [2.45, 2.75) is 43.8 Å². The molecule has 0 spiro atoms. The molecule has 1 aliphatic rings. The summed E-state index contributed by atoms with van der Waals surface area (Å²) in [7, 11) is 0. The van der Waals surface area contributed by atoms with Gasteiger partial charge in [0.1, 0.15) is 5.82 Å². The van der Waals surface area contributed by atoms with Crippen molar-refractivity contribution in [2.75, 3.05) is 25.4 Å². The second-order valence-corrected chi connectivity index (χ2v) is 11.2. The number of hydrogen-bond acceptors (Lipinski definition) is 5. The van der Waals surface area contributed by atoms with Crippen molar-refractivity contribution in [3.8, 4) is 5.69 Å². The summed E-state index contributed by atoms with van der Waals surface area (Å²) in [6.45, 7) is 3.78. The van der Waals surface area contributed by atoms with Gasteiger partial charge >= 0.3 is 0 Å². The monoisotopic (exact) mass is 553 g/mol. The van der Waals surface area contributed by atoms with E-state index in [1.54, 1.807) is 11.8 Å². The van der Waals surface area contributed by atoms with Crippen LogP contribution in [-0.4, -0.2) is 67.8 Å². The van der Waals surface area contributed by atoms with E-state index in [0.717, 1.165) is 34.4 Å². The van der Waals surface area contributed by atoms with Crippen LogP contribution in [0.3, 0.4) is 0 Å². The van der Waals surface area contributed by atoms with Crippen molar-refractivity contribution in [3.05, 3.63) is 108 Å². The Labute approximate surface area is 240 Å². The largest absolute Gasteiger partial charge is 0.339 e. The molecule has 206 valence electrons. The highest BCUT2D eigenvalue weighted by molar-refractivity contribution is 7.99. The summed E-state index contributed by atoms with van der Waals surface area (Å²) in [6.07, 6.45) is 2.32. The van der Waals surface area contributed by atoms with Crippen molar-refractivity contribution in [1.82, 2.24) is 24.6 Å². The Morgan fingerprint density at radius 3 is 2.15 bits per heavy atom. The van der Waals surface area contributed by atoms with Gasteiger partial charge in [-0.25, -0.2) is 0 Å². The van der Waals surface area contributed by atoms with Crippen LogP contribution in [0.5, 0.6) is 0 Å². The van der Waals surface area contributed by atoms with E-state index >= 15 is 0 Å². The highest BCUT2D eigenvalue weighted by atomic mass is 32.2. The quantitative estimate of drug-likeness (QED) is 0.203. The summed E-state index contributed by atoms with van der Waals surface area (Å²) >= 11 is 1.63. The maximum Gasteiger partial charge on any atom is 0.227 e. The summed E-state index contributed by atoms with van der Waals surface area (Å²) in [6, 6.07) is 30.3. The molecule has 1 fully saturated rings. The molecule has 1 atom stereocenters. The molecule has 0 saturated carbocycles. The van der Waals surface area contributed by atoms with E-state index in [0.29, 0.717) is 38.9 Å². The Morgan fingerprint density at radius 2 is 1.48 bits per heavy atom. The number of benzene rings is 3. The average molecular weight is 554 g/mol. The van der Waals surface area contributed by atoms with E-state index in [-0.39, 0.29) is 17.9 Å². The fourth-order valence-electron chi connectivity index (χ4n) is 5.09. The van der Waals surface area contributed by atoms with Crippen LogP contribution < -0.4 is 0 Å². The molecular weight excluding hydrogens is 518 g/mol. The van der Waals surface area contributed by atoms with E-state index in [1.807, 2.05) is 83.5 Å². The van der Waals surface area contributed by atoms with Gasteiger partial charge in [0.15, 0.2) is 5.16 Å². The minimum absolute atomic E-state index is 0.00995. The van der Waals surface area contributed by atoms with Crippen molar-refractivity contribution in [1.29, 1.82) is 0 Å². The predicted molar refractivity (Wildman–Crippen MR) is 158 cm³/mol. The van der Waals surface area contributed by atoms with Crippen LogP contribution in [0.2, 0.25) is 0 Å². The van der Waals surface area contributed by atoms with Gasteiger partial charge in [-0.2, -0.15) is 0 Å². The van der Waals surface area contributed by atoms with Crippen molar-refractivity contribution < 1.29 is 9.59 Å². The van der Waals surface area contributed by atoms with Crippen molar-refractivity contribution >= 4 is 23.6 Å². The Bertz CT molecular complexity index is 1390. The topological polar surface area (TPSA) is 71.3 Å². The molecule has 0 radical (unpaired) electrons. The lowest BCUT2D eigenvalue weighted by molar-refractivity contribution is -0.142. The zero-order valence-corrected chi connectivity index (χ0v) is 23.7. The summed E-state index contributed by atoms with van der Waals surface area (Å²) in [5.74, 6) is 1.94. The minimum atomic E-state index is 0.00995. The lowest BCUT2D eigenvalue weighted by Crippen LogP contribution is -2.55. The molecule has 3 aromatic carbocycles. The van der Waals surface area contributed by atoms with Gasteiger partial charge in [0.2, 0.25) is 11.8 Å². The van der Waals surface area contributed by atoms with Crippen molar-refractivity contribution in [3.63, 3.8) is 0 Å². The zero-order chi connectivity index (χ0) is 27.7. The van der Waals surface area contributed by atoms with Crippen LogP contribution in [0, 0.1) is 0 Å². The molecule has 1 aliphatic heterocycles. The highest BCUT2D eigenvalue weighted by Crippen LogP contribution is 2.25. The molecular formula is C32H35N5O2S. The number of aromatic nitrogens is 3. The van der Waals surface area contributed by atoms with E-state index in [9.17, 15) is 9.59 Å².